The van der Waals surface area contributed by atoms with Crippen molar-refractivity contribution >= 4 is 41.3 Å². The molecule has 0 saturated carbocycles. The number of nitrogens with one attached hydrogen (secondary N) is 2. The van der Waals surface area contributed by atoms with Gasteiger partial charge in [0.2, 0.25) is 0 Å². The number of hydrogen-bond donors (Lipinski definition) is 3. The number of likely N-dealkylation sites (tertiary alicyclic amines) is 1. The highest BCUT2D eigenvalue weighted by Crippen LogP contribution is 2.26. The van der Waals surface area contributed by atoms with Gasteiger partial charge in [-0.05, 0) is 63.4 Å². The Balaban J connectivity index is 0.00000280. The molecule has 0 aromatic carbocycles. The molecular weight excluding hydrogens is 487 g/mol. The van der Waals surface area contributed by atoms with E-state index in [1.807, 2.05) is 43.5 Å². The van der Waals surface area contributed by atoms with E-state index in [2.05, 4.69) is 20.5 Å². The topological polar surface area (TPSA) is 73.0 Å². The average molecular weight is 518 g/mol. The molecule has 0 amide bonds. The molecular formula is C20H31IN4O2S. The predicted molar refractivity (Wildman–Crippen MR) is 126 cm³/mol. The van der Waals surface area contributed by atoms with Crippen molar-refractivity contribution in [3.63, 3.8) is 0 Å². The van der Waals surface area contributed by atoms with Crippen LogP contribution in [0.1, 0.15) is 43.4 Å². The van der Waals surface area contributed by atoms with Crippen LogP contribution in [0.3, 0.4) is 0 Å². The van der Waals surface area contributed by atoms with Crippen LogP contribution < -0.4 is 10.6 Å². The van der Waals surface area contributed by atoms with Gasteiger partial charge in [-0.2, -0.15) is 0 Å². The third-order valence-corrected chi connectivity index (χ3v) is 5.98. The van der Waals surface area contributed by atoms with Crippen LogP contribution >= 0.6 is 35.3 Å². The van der Waals surface area contributed by atoms with Crippen LogP contribution in [-0.4, -0.2) is 48.7 Å². The quantitative estimate of drug-likeness (QED) is 0.283. The van der Waals surface area contributed by atoms with Crippen LogP contribution in [0.15, 0.2) is 45.3 Å². The maximum atomic E-state index is 10.7. The first-order chi connectivity index (χ1) is 13.1. The molecule has 2 atom stereocenters. The molecule has 2 aromatic rings. The second-order valence-electron chi connectivity index (χ2n) is 7.10. The molecule has 2 unspecified atom stereocenters. The first-order valence-corrected chi connectivity index (χ1v) is 10.5. The van der Waals surface area contributed by atoms with Gasteiger partial charge < -0.3 is 20.2 Å². The summed E-state index contributed by atoms with van der Waals surface area (Å²) in [5, 5.41) is 19.4. The Morgan fingerprint density at radius 1 is 1.32 bits per heavy atom. The van der Waals surface area contributed by atoms with Gasteiger partial charge in [0.25, 0.3) is 0 Å². The molecule has 1 saturated heterocycles. The minimum Gasteiger partial charge on any atom is -0.468 e. The minimum absolute atomic E-state index is 0. The minimum atomic E-state index is -0.966. The van der Waals surface area contributed by atoms with Crippen LogP contribution in [0.2, 0.25) is 0 Å². The summed E-state index contributed by atoms with van der Waals surface area (Å²) in [5.41, 5.74) is -0.966. The molecule has 1 aliphatic rings. The number of nitrogens with zero attached hydrogens (tertiary/aromatic N) is 2. The summed E-state index contributed by atoms with van der Waals surface area (Å²) >= 11 is 1.55. The van der Waals surface area contributed by atoms with Gasteiger partial charge in [-0.3, -0.25) is 4.90 Å². The SMILES string of the molecule is CCNC(=NCC(C)(O)c1cccs1)NCC(c1ccco1)N1CCCC1.I. The van der Waals surface area contributed by atoms with E-state index in [0.717, 1.165) is 30.3 Å². The Morgan fingerprint density at radius 3 is 2.71 bits per heavy atom. The van der Waals surface area contributed by atoms with Crippen LogP contribution in [0.5, 0.6) is 0 Å². The van der Waals surface area contributed by atoms with Crippen molar-refractivity contribution in [3.8, 4) is 0 Å². The summed E-state index contributed by atoms with van der Waals surface area (Å²) in [6, 6.07) is 8.06. The van der Waals surface area contributed by atoms with Crippen molar-refractivity contribution in [2.24, 2.45) is 4.99 Å². The summed E-state index contributed by atoms with van der Waals surface area (Å²) in [6.45, 7) is 7.81. The Morgan fingerprint density at radius 2 is 2.11 bits per heavy atom. The zero-order valence-corrected chi connectivity index (χ0v) is 19.7. The molecule has 0 aliphatic carbocycles. The summed E-state index contributed by atoms with van der Waals surface area (Å²) < 4.78 is 5.68. The second-order valence-corrected chi connectivity index (χ2v) is 8.05. The molecule has 0 spiro atoms. The summed E-state index contributed by atoms with van der Waals surface area (Å²) in [4.78, 5) is 8.00. The summed E-state index contributed by atoms with van der Waals surface area (Å²) in [6.07, 6.45) is 4.19. The van der Waals surface area contributed by atoms with E-state index in [0.29, 0.717) is 19.0 Å². The molecule has 1 fully saturated rings. The molecule has 0 bridgehead atoms. The number of rotatable bonds is 8. The number of halogens is 1. The predicted octanol–water partition coefficient (Wildman–Crippen LogP) is 3.56. The Hall–Kier alpha value is -1.10. The maximum Gasteiger partial charge on any atom is 0.191 e. The highest BCUT2D eigenvalue weighted by atomic mass is 127. The molecule has 8 heteroatoms. The molecule has 156 valence electrons. The second kappa shape index (κ2) is 11.2. The van der Waals surface area contributed by atoms with Crippen LogP contribution in [0.4, 0.5) is 0 Å². The number of thiophene rings is 1. The lowest BCUT2D eigenvalue weighted by Gasteiger charge is -2.27. The first-order valence-electron chi connectivity index (χ1n) is 9.66. The molecule has 28 heavy (non-hydrogen) atoms. The van der Waals surface area contributed by atoms with Crippen molar-refractivity contribution in [1.29, 1.82) is 0 Å². The normalized spacial score (nSPS) is 18.3. The highest BCUT2D eigenvalue weighted by Gasteiger charge is 2.26. The zero-order chi connectivity index (χ0) is 19.1. The van der Waals surface area contributed by atoms with E-state index in [-0.39, 0.29) is 30.0 Å². The van der Waals surface area contributed by atoms with Crippen LogP contribution in [-0.2, 0) is 5.60 Å². The van der Waals surface area contributed by atoms with Gasteiger partial charge in [-0.25, -0.2) is 4.99 Å². The lowest BCUT2D eigenvalue weighted by Crippen LogP contribution is -2.43. The number of guanidine groups is 1. The van der Waals surface area contributed by atoms with Gasteiger partial charge in [0.15, 0.2) is 5.96 Å². The highest BCUT2D eigenvalue weighted by molar-refractivity contribution is 14.0. The van der Waals surface area contributed by atoms with E-state index in [9.17, 15) is 5.11 Å². The Labute approximate surface area is 188 Å². The number of aliphatic imine (C=N–C) groups is 1. The summed E-state index contributed by atoms with van der Waals surface area (Å²) in [5.74, 6) is 1.69. The third kappa shape index (κ3) is 6.20. The van der Waals surface area contributed by atoms with Gasteiger partial charge in [0, 0.05) is 18.0 Å². The van der Waals surface area contributed by atoms with E-state index in [4.69, 9.17) is 4.42 Å². The Kier molecular flexibility index (Phi) is 9.26. The number of aliphatic hydroxyl groups is 1. The fourth-order valence-electron chi connectivity index (χ4n) is 3.37. The molecule has 2 aromatic heterocycles. The van der Waals surface area contributed by atoms with E-state index in [1.54, 1.807) is 17.6 Å². The lowest BCUT2D eigenvalue weighted by atomic mass is 10.1. The smallest absolute Gasteiger partial charge is 0.191 e. The largest absolute Gasteiger partial charge is 0.468 e. The third-order valence-electron chi connectivity index (χ3n) is 4.86. The van der Waals surface area contributed by atoms with E-state index in [1.165, 1.54) is 12.8 Å². The van der Waals surface area contributed by atoms with Gasteiger partial charge >= 0.3 is 0 Å². The maximum absolute atomic E-state index is 10.7. The van der Waals surface area contributed by atoms with Crippen LogP contribution in [0, 0.1) is 0 Å². The van der Waals surface area contributed by atoms with Crippen molar-refractivity contribution < 1.29 is 9.52 Å². The van der Waals surface area contributed by atoms with Gasteiger partial charge in [-0.1, -0.05) is 6.07 Å². The van der Waals surface area contributed by atoms with E-state index < -0.39 is 5.60 Å². The Bertz CT molecular complexity index is 698. The molecule has 3 rings (SSSR count). The standard InChI is InChI=1S/C20H30N4O2S.HI/c1-3-21-19(23-15-20(2,25)18-9-7-13-27-18)22-14-16(17-8-6-12-26-17)24-10-4-5-11-24;/h6-9,12-13,16,25H,3-5,10-11,14-15H2,1-2H3,(H2,21,22,23);1H. The zero-order valence-electron chi connectivity index (χ0n) is 16.6. The van der Waals surface area contributed by atoms with Gasteiger partial charge in [-0.15, -0.1) is 35.3 Å². The lowest BCUT2D eigenvalue weighted by molar-refractivity contribution is 0.0711. The fourth-order valence-corrected chi connectivity index (χ4v) is 4.15. The average Bonchev–Trinajstić information content (AvgIpc) is 3.43. The molecule has 3 heterocycles. The fraction of sp³-hybridized carbons (Fsp3) is 0.550. The van der Waals surface area contributed by atoms with Crippen molar-refractivity contribution in [2.75, 3.05) is 32.7 Å². The van der Waals surface area contributed by atoms with Crippen molar-refractivity contribution in [2.45, 2.75) is 38.3 Å². The van der Waals surface area contributed by atoms with Gasteiger partial charge in [0.05, 0.1) is 18.8 Å². The molecule has 1 aliphatic heterocycles. The summed E-state index contributed by atoms with van der Waals surface area (Å²) in [7, 11) is 0. The van der Waals surface area contributed by atoms with Gasteiger partial charge in [0.1, 0.15) is 11.4 Å². The molecule has 6 nitrogen and oxygen atoms in total. The molecule has 3 N–H and O–H groups in total. The molecule has 0 radical (unpaired) electrons. The first kappa shape index (κ1) is 23.2. The van der Waals surface area contributed by atoms with Crippen molar-refractivity contribution in [3.05, 3.63) is 46.5 Å². The number of furan rings is 1. The van der Waals surface area contributed by atoms with Crippen molar-refractivity contribution in [1.82, 2.24) is 15.5 Å². The number of hydrogen-bond acceptors (Lipinski definition) is 5. The van der Waals surface area contributed by atoms with Crippen LogP contribution in [0.25, 0.3) is 0 Å². The van der Waals surface area contributed by atoms with E-state index >= 15 is 0 Å². The monoisotopic (exact) mass is 518 g/mol.